The second kappa shape index (κ2) is 5.25. The molecule has 20 heavy (non-hydrogen) atoms. The van der Waals surface area contributed by atoms with E-state index in [0.29, 0.717) is 12.4 Å². The van der Waals surface area contributed by atoms with Gasteiger partial charge in [-0.1, -0.05) is 0 Å². The van der Waals surface area contributed by atoms with Crippen molar-refractivity contribution in [1.29, 1.82) is 0 Å². The largest absolute Gasteiger partial charge is 0.307 e. The van der Waals surface area contributed by atoms with Gasteiger partial charge >= 0.3 is 0 Å². The second-order valence-electron chi connectivity index (χ2n) is 4.80. The summed E-state index contributed by atoms with van der Waals surface area (Å²) in [5.74, 6) is 1.52. The second-order valence-corrected chi connectivity index (χ2v) is 5.18. The first-order chi connectivity index (χ1) is 9.70. The maximum absolute atomic E-state index is 5.90. The first kappa shape index (κ1) is 13.1. The van der Waals surface area contributed by atoms with Gasteiger partial charge < -0.3 is 4.57 Å². The van der Waals surface area contributed by atoms with Gasteiger partial charge in [-0.2, -0.15) is 5.10 Å². The zero-order valence-electron chi connectivity index (χ0n) is 11.5. The van der Waals surface area contributed by atoms with E-state index in [1.165, 1.54) is 0 Å². The lowest BCUT2D eigenvalue weighted by molar-refractivity contribution is 0.655. The summed E-state index contributed by atoms with van der Waals surface area (Å²) in [6, 6.07) is 3.99. The summed E-state index contributed by atoms with van der Waals surface area (Å²) in [5.41, 5.74) is 4.11. The Morgan fingerprint density at radius 1 is 1.25 bits per heavy atom. The average molecular weight is 290 g/mol. The molecule has 0 saturated heterocycles. The zero-order chi connectivity index (χ0) is 14.1. The lowest BCUT2D eigenvalue weighted by Gasteiger charge is -2.08. The molecule has 104 valence electrons. The molecule has 0 amide bonds. The van der Waals surface area contributed by atoms with E-state index in [2.05, 4.69) is 21.6 Å². The van der Waals surface area contributed by atoms with E-state index in [1.54, 1.807) is 6.20 Å². The van der Waals surface area contributed by atoms with Crippen molar-refractivity contribution in [2.45, 2.75) is 19.9 Å². The molecule has 0 saturated carbocycles. The predicted molar refractivity (Wildman–Crippen MR) is 79.0 cm³/mol. The Morgan fingerprint density at radius 2 is 2.10 bits per heavy atom. The van der Waals surface area contributed by atoms with Crippen LogP contribution in [-0.2, 0) is 20.0 Å². The average Bonchev–Trinajstić information content (AvgIpc) is 2.98. The SMILES string of the molecule is Cc1ccnc2c1nc(CCCl)n2Cc1ccnn1C. The van der Waals surface area contributed by atoms with Crippen LogP contribution in [0.15, 0.2) is 24.5 Å². The van der Waals surface area contributed by atoms with Gasteiger partial charge in [0.25, 0.3) is 0 Å². The number of imidazole rings is 1. The van der Waals surface area contributed by atoms with Crippen LogP contribution in [0.4, 0.5) is 0 Å². The number of rotatable bonds is 4. The number of hydrogen-bond donors (Lipinski definition) is 0. The number of alkyl halides is 1. The van der Waals surface area contributed by atoms with Gasteiger partial charge in [0.1, 0.15) is 11.3 Å². The highest BCUT2D eigenvalue weighted by Crippen LogP contribution is 2.19. The van der Waals surface area contributed by atoms with E-state index >= 15 is 0 Å². The van der Waals surface area contributed by atoms with Crippen LogP contribution in [0.1, 0.15) is 17.1 Å². The quantitative estimate of drug-likeness (QED) is 0.693. The van der Waals surface area contributed by atoms with Crippen LogP contribution in [0.25, 0.3) is 11.2 Å². The highest BCUT2D eigenvalue weighted by atomic mass is 35.5. The summed E-state index contributed by atoms with van der Waals surface area (Å²) in [6.45, 7) is 2.76. The Hall–Kier alpha value is -1.88. The monoisotopic (exact) mass is 289 g/mol. The molecule has 0 aliphatic heterocycles. The van der Waals surface area contributed by atoms with Crippen LogP contribution < -0.4 is 0 Å². The minimum Gasteiger partial charge on any atom is -0.307 e. The van der Waals surface area contributed by atoms with E-state index in [4.69, 9.17) is 16.6 Å². The number of aromatic nitrogens is 5. The van der Waals surface area contributed by atoms with Crippen molar-refractivity contribution in [3.63, 3.8) is 0 Å². The van der Waals surface area contributed by atoms with Gasteiger partial charge in [0, 0.05) is 31.7 Å². The standard InChI is InChI=1S/C14H16ClN5/c1-10-4-7-16-14-13(10)18-12(3-6-15)20(14)9-11-5-8-17-19(11)2/h4-5,7-8H,3,6,9H2,1-2H3. The molecule has 0 spiro atoms. The summed E-state index contributed by atoms with van der Waals surface area (Å²) in [4.78, 5) is 9.18. The number of nitrogens with zero attached hydrogens (tertiary/aromatic N) is 5. The molecule has 0 bridgehead atoms. The van der Waals surface area contributed by atoms with E-state index in [-0.39, 0.29) is 0 Å². The van der Waals surface area contributed by atoms with E-state index in [1.807, 2.05) is 30.1 Å². The molecule has 5 nitrogen and oxygen atoms in total. The van der Waals surface area contributed by atoms with Crippen LogP contribution in [0.2, 0.25) is 0 Å². The molecule has 0 fully saturated rings. The van der Waals surface area contributed by atoms with Crippen molar-refractivity contribution in [3.05, 3.63) is 41.6 Å². The first-order valence-electron chi connectivity index (χ1n) is 6.54. The van der Waals surface area contributed by atoms with Crippen LogP contribution >= 0.6 is 11.6 Å². The fourth-order valence-electron chi connectivity index (χ4n) is 2.34. The molecule has 0 aromatic carbocycles. The molecule has 0 radical (unpaired) electrons. The maximum atomic E-state index is 5.90. The van der Waals surface area contributed by atoms with Crippen LogP contribution in [0, 0.1) is 6.92 Å². The van der Waals surface area contributed by atoms with Crippen LogP contribution in [0.3, 0.4) is 0 Å². The van der Waals surface area contributed by atoms with Crippen molar-refractivity contribution in [1.82, 2.24) is 24.3 Å². The third-order valence-corrected chi connectivity index (χ3v) is 3.66. The first-order valence-corrected chi connectivity index (χ1v) is 7.07. The smallest absolute Gasteiger partial charge is 0.160 e. The van der Waals surface area contributed by atoms with E-state index < -0.39 is 0 Å². The van der Waals surface area contributed by atoms with Crippen molar-refractivity contribution in [2.75, 3.05) is 5.88 Å². The molecule has 3 rings (SSSR count). The molecular weight excluding hydrogens is 274 g/mol. The van der Waals surface area contributed by atoms with Crippen molar-refractivity contribution >= 4 is 22.8 Å². The number of pyridine rings is 1. The minimum atomic E-state index is 0.549. The maximum Gasteiger partial charge on any atom is 0.160 e. The van der Waals surface area contributed by atoms with Gasteiger partial charge in [0.15, 0.2) is 5.65 Å². The van der Waals surface area contributed by atoms with Crippen LogP contribution in [0.5, 0.6) is 0 Å². The van der Waals surface area contributed by atoms with Gasteiger partial charge in [0.05, 0.1) is 12.2 Å². The van der Waals surface area contributed by atoms with Gasteiger partial charge in [-0.25, -0.2) is 9.97 Å². The molecule has 0 aliphatic carbocycles. The predicted octanol–water partition coefficient (Wildman–Crippen LogP) is 2.30. The van der Waals surface area contributed by atoms with Crippen molar-refractivity contribution in [3.8, 4) is 0 Å². The molecule has 0 N–H and O–H groups in total. The van der Waals surface area contributed by atoms with Gasteiger partial charge in [-0.15, -0.1) is 11.6 Å². The van der Waals surface area contributed by atoms with Crippen molar-refractivity contribution in [2.24, 2.45) is 7.05 Å². The summed E-state index contributed by atoms with van der Waals surface area (Å²) in [6.07, 6.45) is 4.35. The molecular formula is C14H16ClN5. The molecule has 0 atom stereocenters. The Morgan fingerprint density at radius 3 is 2.80 bits per heavy atom. The zero-order valence-corrected chi connectivity index (χ0v) is 12.3. The molecule has 0 aliphatic rings. The minimum absolute atomic E-state index is 0.549. The molecule has 3 aromatic rings. The van der Waals surface area contributed by atoms with E-state index in [0.717, 1.165) is 34.7 Å². The molecule has 6 heteroatoms. The summed E-state index contributed by atoms with van der Waals surface area (Å²) >= 11 is 5.90. The van der Waals surface area contributed by atoms with Gasteiger partial charge in [-0.05, 0) is 24.6 Å². The Balaban J connectivity index is 2.14. The third-order valence-electron chi connectivity index (χ3n) is 3.48. The number of aryl methyl sites for hydroxylation is 3. The third kappa shape index (κ3) is 2.18. The molecule has 0 unspecified atom stereocenters. The van der Waals surface area contributed by atoms with Crippen molar-refractivity contribution < 1.29 is 0 Å². The lowest BCUT2D eigenvalue weighted by Crippen LogP contribution is -2.10. The summed E-state index contributed by atoms with van der Waals surface area (Å²) < 4.78 is 3.99. The molecule has 3 aromatic heterocycles. The number of halogens is 1. The normalized spacial score (nSPS) is 11.3. The lowest BCUT2D eigenvalue weighted by atomic mass is 10.3. The van der Waals surface area contributed by atoms with Gasteiger partial charge in [-0.3, -0.25) is 4.68 Å². The highest BCUT2D eigenvalue weighted by Gasteiger charge is 2.14. The summed E-state index contributed by atoms with van der Waals surface area (Å²) in [7, 11) is 1.94. The van der Waals surface area contributed by atoms with E-state index in [9.17, 15) is 0 Å². The Bertz CT molecular complexity index is 743. The van der Waals surface area contributed by atoms with Crippen LogP contribution in [-0.4, -0.2) is 30.2 Å². The Labute approximate surface area is 122 Å². The summed E-state index contributed by atoms with van der Waals surface area (Å²) in [5, 5.41) is 4.21. The fourth-order valence-corrected chi connectivity index (χ4v) is 2.51. The number of hydrogen-bond acceptors (Lipinski definition) is 3. The van der Waals surface area contributed by atoms with Gasteiger partial charge in [0.2, 0.25) is 0 Å². The highest BCUT2D eigenvalue weighted by molar-refractivity contribution is 6.17. The molecule has 3 heterocycles. The Kier molecular flexibility index (Phi) is 3.44. The topological polar surface area (TPSA) is 48.5 Å². The fraction of sp³-hybridized carbons (Fsp3) is 0.357. The number of fused-ring (bicyclic) bond motifs is 1.